The summed E-state index contributed by atoms with van der Waals surface area (Å²) in [5.41, 5.74) is 8.82. The third kappa shape index (κ3) is 5.52. The van der Waals surface area contributed by atoms with Crippen molar-refractivity contribution in [1.82, 2.24) is 15.0 Å². The van der Waals surface area contributed by atoms with Crippen LogP contribution >= 0.6 is 11.6 Å². The molecule has 3 aromatic carbocycles. The van der Waals surface area contributed by atoms with Gasteiger partial charge in [0.05, 0.1) is 7.11 Å². The first-order valence-electron chi connectivity index (χ1n) is 9.40. The van der Waals surface area contributed by atoms with Crippen LogP contribution in [0.2, 0.25) is 5.02 Å². The summed E-state index contributed by atoms with van der Waals surface area (Å²) in [6.45, 7) is 0. The van der Waals surface area contributed by atoms with Gasteiger partial charge in [-0.1, -0.05) is 23.7 Å². The Balaban J connectivity index is 1.64. The molecule has 1 aromatic heterocycles. The van der Waals surface area contributed by atoms with E-state index >= 15 is 0 Å². The zero-order chi connectivity index (χ0) is 21.6. The zero-order valence-electron chi connectivity index (χ0n) is 16.6. The highest BCUT2D eigenvalue weighted by molar-refractivity contribution is 6.30. The Bertz CT molecular complexity index is 1120. The second kappa shape index (κ2) is 9.19. The summed E-state index contributed by atoms with van der Waals surface area (Å²) in [6.07, 6.45) is 0. The Hall–Kier alpha value is -4.04. The van der Waals surface area contributed by atoms with Crippen LogP contribution in [-0.2, 0) is 0 Å². The van der Waals surface area contributed by atoms with Crippen molar-refractivity contribution in [3.63, 3.8) is 0 Å². The minimum absolute atomic E-state index is 0.347. The molecule has 31 heavy (non-hydrogen) atoms. The van der Waals surface area contributed by atoms with Gasteiger partial charge in [-0.15, -0.1) is 0 Å². The van der Waals surface area contributed by atoms with Crippen LogP contribution in [0.15, 0.2) is 72.8 Å². The molecule has 0 bridgehead atoms. The summed E-state index contributed by atoms with van der Waals surface area (Å²) in [5.74, 6) is 1.81. The van der Waals surface area contributed by atoms with Gasteiger partial charge in [0.15, 0.2) is 0 Å². The minimum Gasteiger partial charge on any atom is -0.497 e. The van der Waals surface area contributed by atoms with Crippen molar-refractivity contribution < 1.29 is 4.74 Å². The van der Waals surface area contributed by atoms with Crippen LogP contribution in [0.3, 0.4) is 0 Å². The van der Waals surface area contributed by atoms with E-state index in [0.717, 1.165) is 22.8 Å². The highest BCUT2D eigenvalue weighted by Crippen LogP contribution is 2.23. The van der Waals surface area contributed by atoms with Gasteiger partial charge >= 0.3 is 0 Å². The first-order valence-corrected chi connectivity index (χ1v) is 9.77. The Morgan fingerprint density at radius 2 is 1.26 bits per heavy atom. The molecule has 1 heterocycles. The van der Waals surface area contributed by atoms with Crippen LogP contribution in [-0.4, -0.2) is 22.1 Å². The number of ether oxygens (including phenoxy) is 1. The molecular formula is C22H20ClN7O. The maximum atomic E-state index is 6.09. The lowest BCUT2D eigenvalue weighted by Gasteiger charge is -2.12. The molecule has 0 aliphatic rings. The number of anilines is 7. The Morgan fingerprint density at radius 3 is 1.81 bits per heavy atom. The van der Waals surface area contributed by atoms with Gasteiger partial charge in [0.2, 0.25) is 17.8 Å². The van der Waals surface area contributed by atoms with Crippen molar-refractivity contribution in [2.45, 2.75) is 0 Å². The average molecular weight is 434 g/mol. The molecular weight excluding hydrogens is 414 g/mol. The number of aromatic nitrogens is 3. The topological polar surface area (TPSA) is 110 Å². The molecule has 0 aliphatic heterocycles. The predicted octanol–water partition coefficient (Wildman–Crippen LogP) is 5.35. The molecule has 4 rings (SSSR count). The molecule has 0 spiro atoms. The summed E-state index contributed by atoms with van der Waals surface area (Å²) in [4.78, 5) is 13.4. The summed E-state index contributed by atoms with van der Waals surface area (Å²) < 4.78 is 5.20. The van der Waals surface area contributed by atoms with Gasteiger partial charge in [0.1, 0.15) is 5.75 Å². The molecule has 0 radical (unpaired) electrons. The van der Waals surface area contributed by atoms with Gasteiger partial charge < -0.3 is 26.4 Å². The van der Waals surface area contributed by atoms with E-state index in [4.69, 9.17) is 22.1 Å². The van der Waals surface area contributed by atoms with Crippen LogP contribution in [0.5, 0.6) is 5.75 Å². The second-order valence-corrected chi connectivity index (χ2v) is 6.98. The predicted molar refractivity (Wildman–Crippen MR) is 125 cm³/mol. The molecule has 9 heteroatoms. The SMILES string of the molecule is COc1ccc(Nc2nc(Nc3cccc(N)c3)nc(Nc3cccc(Cl)c3)n2)cc1. The van der Waals surface area contributed by atoms with Gasteiger partial charge in [-0.05, 0) is 60.7 Å². The lowest BCUT2D eigenvalue weighted by molar-refractivity contribution is 0.415. The fraction of sp³-hybridized carbons (Fsp3) is 0.0455. The van der Waals surface area contributed by atoms with Crippen molar-refractivity contribution >= 4 is 52.2 Å². The van der Waals surface area contributed by atoms with Crippen molar-refractivity contribution in [2.24, 2.45) is 0 Å². The molecule has 0 aliphatic carbocycles. The van der Waals surface area contributed by atoms with Crippen LogP contribution in [0.1, 0.15) is 0 Å². The van der Waals surface area contributed by atoms with Crippen molar-refractivity contribution in [3.05, 3.63) is 77.8 Å². The molecule has 8 nitrogen and oxygen atoms in total. The van der Waals surface area contributed by atoms with E-state index < -0.39 is 0 Å². The smallest absolute Gasteiger partial charge is 0.233 e. The second-order valence-electron chi connectivity index (χ2n) is 6.55. The number of hydrogen-bond donors (Lipinski definition) is 4. The number of benzene rings is 3. The Morgan fingerprint density at radius 1 is 0.710 bits per heavy atom. The lowest BCUT2D eigenvalue weighted by atomic mass is 10.3. The molecule has 156 valence electrons. The number of nitrogens with two attached hydrogens (primary N) is 1. The van der Waals surface area contributed by atoms with E-state index in [1.807, 2.05) is 48.5 Å². The van der Waals surface area contributed by atoms with E-state index in [-0.39, 0.29) is 0 Å². The fourth-order valence-corrected chi connectivity index (χ4v) is 2.98. The van der Waals surface area contributed by atoms with Crippen LogP contribution in [0, 0.1) is 0 Å². The van der Waals surface area contributed by atoms with Crippen LogP contribution in [0.25, 0.3) is 0 Å². The van der Waals surface area contributed by atoms with E-state index in [9.17, 15) is 0 Å². The number of rotatable bonds is 7. The average Bonchev–Trinajstić information content (AvgIpc) is 2.74. The van der Waals surface area contributed by atoms with E-state index in [2.05, 4.69) is 30.9 Å². The number of nitrogens with zero attached hydrogens (tertiary/aromatic N) is 3. The quantitative estimate of drug-likeness (QED) is 0.289. The maximum Gasteiger partial charge on any atom is 0.233 e. The molecule has 0 atom stereocenters. The van der Waals surface area contributed by atoms with E-state index in [1.165, 1.54) is 0 Å². The number of halogens is 1. The highest BCUT2D eigenvalue weighted by atomic mass is 35.5. The van der Waals surface area contributed by atoms with Gasteiger partial charge in [-0.2, -0.15) is 15.0 Å². The van der Waals surface area contributed by atoms with Gasteiger partial charge in [-0.25, -0.2) is 0 Å². The molecule has 0 saturated carbocycles. The Labute approximate surface area is 184 Å². The summed E-state index contributed by atoms with van der Waals surface area (Å²) in [6, 6.07) is 22.1. The fourth-order valence-electron chi connectivity index (χ4n) is 2.79. The third-order valence-corrected chi connectivity index (χ3v) is 4.44. The monoisotopic (exact) mass is 433 g/mol. The first-order chi connectivity index (χ1) is 15.1. The number of hydrogen-bond acceptors (Lipinski definition) is 8. The number of methoxy groups -OCH3 is 1. The van der Waals surface area contributed by atoms with Crippen molar-refractivity contribution in [3.8, 4) is 5.75 Å². The highest BCUT2D eigenvalue weighted by Gasteiger charge is 2.09. The molecule has 0 unspecified atom stereocenters. The molecule has 4 aromatic rings. The minimum atomic E-state index is 0.347. The van der Waals surface area contributed by atoms with Gasteiger partial charge in [-0.3, -0.25) is 0 Å². The first kappa shape index (κ1) is 20.2. The largest absolute Gasteiger partial charge is 0.497 e. The summed E-state index contributed by atoms with van der Waals surface area (Å²) in [5, 5.41) is 10.1. The normalized spacial score (nSPS) is 10.4. The van der Waals surface area contributed by atoms with Crippen molar-refractivity contribution in [2.75, 3.05) is 28.8 Å². The van der Waals surface area contributed by atoms with Gasteiger partial charge in [0.25, 0.3) is 0 Å². The maximum absolute atomic E-state index is 6.09. The molecule has 5 N–H and O–H groups in total. The zero-order valence-corrected chi connectivity index (χ0v) is 17.4. The lowest BCUT2D eigenvalue weighted by Crippen LogP contribution is -2.07. The summed E-state index contributed by atoms with van der Waals surface area (Å²) >= 11 is 6.09. The molecule has 0 amide bonds. The van der Waals surface area contributed by atoms with E-state index in [1.54, 1.807) is 31.4 Å². The van der Waals surface area contributed by atoms with E-state index in [0.29, 0.717) is 28.6 Å². The molecule has 0 saturated heterocycles. The third-order valence-electron chi connectivity index (χ3n) is 4.21. The Kier molecular flexibility index (Phi) is 6.00. The van der Waals surface area contributed by atoms with Crippen LogP contribution in [0.4, 0.5) is 40.6 Å². The number of nitrogen functional groups attached to an aromatic ring is 1. The van der Waals surface area contributed by atoms with Gasteiger partial charge in [0, 0.05) is 27.8 Å². The molecule has 0 fully saturated rings. The van der Waals surface area contributed by atoms with Crippen molar-refractivity contribution in [1.29, 1.82) is 0 Å². The standard InChI is InChI=1S/C22H20ClN7O/c1-31-19-10-8-16(9-11-19)25-20-28-21(26-17-6-2-4-14(23)12-17)30-22(29-20)27-18-7-3-5-15(24)13-18/h2-13H,24H2,1H3,(H3,25,26,27,28,29,30). The summed E-state index contributed by atoms with van der Waals surface area (Å²) in [7, 11) is 1.62. The number of nitrogens with one attached hydrogen (secondary N) is 3. The van der Waals surface area contributed by atoms with Crippen LogP contribution < -0.4 is 26.4 Å².